The lowest BCUT2D eigenvalue weighted by molar-refractivity contribution is -0.384. The van der Waals surface area contributed by atoms with Crippen molar-refractivity contribution < 1.29 is 24.0 Å². The minimum Gasteiger partial charge on any atom is -0.481 e. The van der Waals surface area contributed by atoms with E-state index in [4.69, 9.17) is 5.11 Å². The molecule has 0 aromatic heterocycles. The zero-order valence-electron chi connectivity index (χ0n) is 11.0. The van der Waals surface area contributed by atoms with Crippen LogP contribution in [-0.2, 0) is 4.79 Å². The van der Waals surface area contributed by atoms with Gasteiger partial charge in [-0.1, -0.05) is 0 Å². The lowest BCUT2D eigenvalue weighted by atomic mass is 9.96. The third kappa shape index (κ3) is 3.15. The van der Waals surface area contributed by atoms with Gasteiger partial charge in [0.25, 0.3) is 11.6 Å². The van der Waals surface area contributed by atoms with Gasteiger partial charge in [-0.25, -0.2) is 4.39 Å². The standard InChI is InChI=1S/C13H13FN2O5/c14-11-2-1-9(16(20)21)7-10(11)12(17)15-5-3-8(4-6-15)13(18)19/h1-2,7-8H,3-6H2,(H,18,19). The van der Waals surface area contributed by atoms with E-state index in [0.29, 0.717) is 0 Å². The molecule has 1 heterocycles. The Hall–Kier alpha value is -2.51. The number of piperidine rings is 1. The number of nitrogens with zero attached hydrogens (tertiary/aromatic N) is 2. The van der Waals surface area contributed by atoms with E-state index in [9.17, 15) is 24.1 Å². The average Bonchev–Trinajstić information content (AvgIpc) is 2.47. The zero-order chi connectivity index (χ0) is 15.6. The maximum Gasteiger partial charge on any atom is 0.306 e. The van der Waals surface area contributed by atoms with Crippen LogP contribution < -0.4 is 0 Å². The summed E-state index contributed by atoms with van der Waals surface area (Å²) in [4.78, 5) is 34.3. The van der Waals surface area contributed by atoms with E-state index in [2.05, 4.69) is 0 Å². The van der Waals surface area contributed by atoms with Crippen molar-refractivity contribution in [1.82, 2.24) is 4.90 Å². The van der Waals surface area contributed by atoms with Crippen LogP contribution >= 0.6 is 0 Å². The molecule has 21 heavy (non-hydrogen) atoms. The number of nitro benzene ring substituents is 1. The van der Waals surface area contributed by atoms with Gasteiger partial charge in [0.15, 0.2) is 0 Å². The quantitative estimate of drug-likeness (QED) is 0.675. The number of benzene rings is 1. The maximum absolute atomic E-state index is 13.7. The number of amides is 1. The fraction of sp³-hybridized carbons (Fsp3) is 0.385. The lowest BCUT2D eigenvalue weighted by Gasteiger charge is -2.30. The van der Waals surface area contributed by atoms with E-state index in [0.717, 1.165) is 18.2 Å². The van der Waals surface area contributed by atoms with Crippen LogP contribution in [0.5, 0.6) is 0 Å². The number of non-ortho nitro benzene ring substituents is 1. The summed E-state index contributed by atoms with van der Waals surface area (Å²) in [7, 11) is 0. The summed E-state index contributed by atoms with van der Waals surface area (Å²) in [6, 6.07) is 2.78. The molecule has 1 saturated heterocycles. The summed E-state index contributed by atoms with van der Waals surface area (Å²) in [5.74, 6) is -2.90. The molecule has 1 aromatic rings. The first-order valence-corrected chi connectivity index (χ1v) is 6.36. The highest BCUT2D eigenvalue weighted by Gasteiger charge is 2.29. The normalized spacial score (nSPS) is 15.8. The summed E-state index contributed by atoms with van der Waals surface area (Å²) in [5.41, 5.74) is -0.724. The fourth-order valence-corrected chi connectivity index (χ4v) is 2.29. The van der Waals surface area contributed by atoms with Gasteiger partial charge in [0.05, 0.1) is 16.4 Å². The molecule has 2 rings (SSSR count). The molecule has 0 bridgehead atoms. The van der Waals surface area contributed by atoms with Crippen molar-refractivity contribution in [2.75, 3.05) is 13.1 Å². The van der Waals surface area contributed by atoms with Gasteiger partial charge in [-0.15, -0.1) is 0 Å². The molecule has 0 spiro atoms. The Balaban J connectivity index is 2.16. The molecule has 1 aliphatic heterocycles. The Labute approximate surface area is 119 Å². The maximum atomic E-state index is 13.7. The van der Waals surface area contributed by atoms with Gasteiger partial charge in [-0.05, 0) is 18.9 Å². The fourth-order valence-electron chi connectivity index (χ4n) is 2.29. The highest BCUT2D eigenvalue weighted by molar-refractivity contribution is 5.95. The molecule has 1 aromatic carbocycles. The monoisotopic (exact) mass is 296 g/mol. The van der Waals surface area contributed by atoms with Crippen LogP contribution in [0, 0.1) is 21.8 Å². The first-order valence-electron chi connectivity index (χ1n) is 6.36. The molecule has 0 atom stereocenters. The summed E-state index contributed by atoms with van der Waals surface area (Å²) < 4.78 is 13.7. The van der Waals surface area contributed by atoms with E-state index in [1.165, 1.54) is 4.90 Å². The number of halogens is 1. The number of rotatable bonds is 3. The van der Waals surface area contributed by atoms with Crippen LogP contribution in [0.2, 0.25) is 0 Å². The van der Waals surface area contributed by atoms with Gasteiger partial charge >= 0.3 is 5.97 Å². The van der Waals surface area contributed by atoms with Gasteiger partial charge in [0, 0.05) is 25.2 Å². The third-order valence-electron chi connectivity index (χ3n) is 3.52. The first kappa shape index (κ1) is 14.9. The molecule has 7 nitrogen and oxygen atoms in total. The van der Waals surface area contributed by atoms with Crippen molar-refractivity contribution in [3.8, 4) is 0 Å². The summed E-state index contributed by atoms with van der Waals surface area (Å²) in [6.45, 7) is 0.385. The predicted octanol–water partition coefficient (Wildman–Crippen LogP) is 1.67. The van der Waals surface area contributed by atoms with Gasteiger partial charge in [0.2, 0.25) is 0 Å². The zero-order valence-corrected chi connectivity index (χ0v) is 11.0. The largest absolute Gasteiger partial charge is 0.481 e. The molecular weight excluding hydrogens is 283 g/mol. The Bertz CT molecular complexity index is 596. The molecule has 0 unspecified atom stereocenters. The van der Waals surface area contributed by atoms with Gasteiger partial charge in [0.1, 0.15) is 5.82 Å². The Morgan fingerprint density at radius 3 is 2.48 bits per heavy atom. The molecule has 0 radical (unpaired) electrons. The third-order valence-corrected chi connectivity index (χ3v) is 3.52. The molecule has 112 valence electrons. The Kier molecular flexibility index (Phi) is 4.15. The molecule has 1 N–H and O–H groups in total. The van der Waals surface area contributed by atoms with Crippen LogP contribution in [0.4, 0.5) is 10.1 Å². The summed E-state index contributed by atoms with van der Waals surface area (Å²) in [6.07, 6.45) is 0.579. The van der Waals surface area contributed by atoms with Crippen molar-refractivity contribution in [3.05, 3.63) is 39.7 Å². The average molecular weight is 296 g/mol. The van der Waals surface area contributed by atoms with Crippen LogP contribution in [-0.4, -0.2) is 39.9 Å². The number of carboxylic acids is 1. The lowest BCUT2D eigenvalue weighted by Crippen LogP contribution is -2.40. The molecule has 8 heteroatoms. The van der Waals surface area contributed by atoms with E-state index >= 15 is 0 Å². The number of carboxylic acid groups (broad SMARTS) is 1. The van der Waals surface area contributed by atoms with Crippen molar-refractivity contribution in [1.29, 1.82) is 0 Å². The Morgan fingerprint density at radius 1 is 1.33 bits per heavy atom. The smallest absolute Gasteiger partial charge is 0.306 e. The molecular formula is C13H13FN2O5. The minimum atomic E-state index is -0.913. The highest BCUT2D eigenvalue weighted by Crippen LogP contribution is 2.22. The molecule has 0 saturated carbocycles. The number of likely N-dealkylation sites (tertiary alicyclic amines) is 1. The van der Waals surface area contributed by atoms with Crippen molar-refractivity contribution in [3.63, 3.8) is 0 Å². The van der Waals surface area contributed by atoms with E-state index in [-0.39, 0.29) is 37.2 Å². The van der Waals surface area contributed by atoms with Crippen molar-refractivity contribution in [2.45, 2.75) is 12.8 Å². The molecule has 1 aliphatic rings. The number of hydrogen-bond donors (Lipinski definition) is 1. The second-order valence-corrected chi connectivity index (χ2v) is 4.83. The topological polar surface area (TPSA) is 101 Å². The number of aliphatic carboxylic acids is 1. The van der Waals surface area contributed by atoms with E-state index < -0.39 is 28.5 Å². The van der Waals surface area contributed by atoms with Crippen LogP contribution in [0.15, 0.2) is 18.2 Å². The number of hydrogen-bond acceptors (Lipinski definition) is 4. The van der Waals surface area contributed by atoms with Crippen LogP contribution in [0.25, 0.3) is 0 Å². The number of nitro groups is 1. The van der Waals surface area contributed by atoms with Crippen molar-refractivity contribution >= 4 is 17.6 Å². The van der Waals surface area contributed by atoms with Gasteiger partial charge < -0.3 is 10.0 Å². The summed E-state index contributed by atoms with van der Waals surface area (Å²) in [5, 5.41) is 19.6. The van der Waals surface area contributed by atoms with Crippen molar-refractivity contribution in [2.24, 2.45) is 5.92 Å². The SMILES string of the molecule is O=C(O)C1CCN(C(=O)c2cc([N+](=O)[O-])ccc2F)CC1. The van der Waals surface area contributed by atoms with E-state index in [1.807, 2.05) is 0 Å². The van der Waals surface area contributed by atoms with Crippen LogP contribution in [0.1, 0.15) is 23.2 Å². The van der Waals surface area contributed by atoms with E-state index in [1.54, 1.807) is 0 Å². The van der Waals surface area contributed by atoms with Gasteiger partial charge in [-0.3, -0.25) is 19.7 Å². The minimum absolute atomic E-state index is 0.192. The Morgan fingerprint density at radius 2 is 1.95 bits per heavy atom. The van der Waals surface area contributed by atoms with Gasteiger partial charge in [-0.2, -0.15) is 0 Å². The molecule has 1 fully saturated rings. The number of carbonyl (C=O) groups excluding carboxylic acids is 1. The van der Waals surface area contributed by atoms with Crippen LogP contribution in [0.3, 0.4) is 0 Å². The second-order valence-electron chi connectivity index (χ2n) is 4.83. The second kappa shape index (κ2) is 5.86. The summed E-state index contributed by atoms with van der Waals surface area (Å²) >= 11 is 0. The first-order chi connectivity index (χ1) is 9.90. The molecule has 0 aliphatic carbocycles. The predicted molar refractivity (Wildman–Crippen MR) is 69.3 cm³/mol. The molecule has 1 amide bonds. The highest BCUT2D eigenvalue weighted by atomic mass is 19.1. The number of carbonyl (C=O) groups is 2.